The fraction of sp³-hybridized carbons (Fsp3) is 0.286. The van der Waals surface area contributed by atoms with E-state index in [2.05, 4.69) is 10.4 Å². The number of hydrogen-bond acceptors (Lipinski definition) is 4. The van der Waals surface area contributed by atoms with Crippen LogP contribution < -0.4 is 5.32 Å². The molecule has 1 aromatic carbocycles. The summed E-state index contributed by atoms with van der Waals surface area (Å²) < 4.78 is 1.34. The number of nitrogens with zero attached hydrogens (tertiary/aromatic N) is 3. The Morgan fingerprint density at radius 2 is 1.90 bits per heavy atom. The van der Waals surface area contributed by atoms with Gasteiger partial charge in [-0.2, -0.15) is 5.10 Å². The smallest absolute Gasteiger partial charge is 0.312 e. The predicted octanol–water partition coefficient (Wildman–Crippen LogP) is 2.36. The number of benzene rings is 1. The molecule has 2 aromatic rings. The fourth-order valence-corrected chi connectivity index (χ4v) is 2.08. The molecular weight excluding hydrogens is 272 g/mol. The number of nitrogens with one attached hydrogen (secondary N) is 1. The third kappa shape index (κ3) is 3.25. The summed E-state index contributed by atoms with van der Waals surface area (Å²) in [6.45, 7) is 5.03. The summed E-state index contributed by atoms with van der Waals surface area (Å²) in [6.07, 6.45) is 0. The average Bonchev–Trinajstić information content (AvgIpc) is 2.67. The molecule has 2 rings (SSSR count). The molecule has 0 fully saturated rings. The second kappa shape index (κ2) is 5.74. The summed E-state index contributed by atoms with van der Waals surface area (Å²) in [7, 11) is 0. The van der Waals surface area contributed by atoms with E-state index in [1.807, 2.05) is 19.1 Å². The van der Waals surface area contributed by atoms with Gasteiger partial charge in [0.05, 0.1) is 4.92 Å². The first-order valence-corrected chi connectivity index (χ1v) is 6.43. The predicted molar refractivity (Wildman–Crippen MR) is 78.2 cm³/mol. The second-order valence-corrected chi connectivity index (χ2v) is 4.85. The molecular formula is C14H16N4O3. The first-order chi connectivity index (χ1) is 9.88. The minimum atomic E-state index is -0.480. The fourth-order valence-electron chi connectivity index (χ4n) is 2.08. The van der Waals surface area contributed by atoms with Crippen LogP contribution in [0.5, 0.6) is 0 Å². The topological polar surface area (TPSA) is 90.1 Å². The van der Waals surface area contributed by atoms with Crippen LogP contribution in [0.4, 0.5) is 11.4 Å². The second-order valence-electron chi connectivity index (χ2n) is 4.85. The lowest BCUT2D eigenvalue weighted by molar-refractivity contribution is -0.386. The number of aryl methyl sites for hydroxylation is 2. The summed E-state index contributed by atoms with van der Waals surface area (Å²) in [5, 5.41) is 17.7. The SMILES string of the molecule is Cc1ccc(NC(=O)Cn2nc(C)c([N+](=O)[O-])c2C)cc1. The Bertz CT molecular complexity index is 689. The Labute approximate surface area is 121 Å². The Balaban J connectivity index is 2.11. The van der Waals surface area contributed by atoms with E-state index in [4.69, 9.17) is 0 Å². The first-order valence-electron chi connectivity index (χ1n) is 6.43. The molecule has 0 aliphatic carbocycles. The lowest BCUT2D eigenvalue weighted by Crippen LogP contribution is -2.20. The molecule has 1 heterocycles. The van der Waals surface area contributed by atoms with E-state index in [0.717, 1.165) is 5.56 Å². The highest BCUT2D eigenvalue weighted by Gasteiger charge is 2.22. The number of carbonyl (C=O) groups excluding carboxylic acids is 1. The molecule has 1 amide bonds. The van der Waals surface area contributed by atoms with Crippen molar-refractivity contribution in [3.05, 3.63) is 51.3 Å². The third-order valence-electron chi connectivity index (χ3n) is 3.15. The maximum atomic E-state index is 12.0. The zero-order chi connectivity index (χ0) is 15.6. The van der Waals surface area contributed by atoms with Crippen molar-refractivity contribution in [3.8, 4) is 0 Å². The summed E-state index contributed by atoms with van der Waals surface area (Å²) >= 11 is 0. The highest BCUT2D eigenvalue weighted by molar-refractivity contribution is 5.90. The van der Waals surface area contributed by atoms with Gasteiger partial charge in [0.2, 0.25) is 5.91 Å². The summed E-state index contributed by atoms with van der Waals surface area (Å²) in [6, 6.07) is 7.39. The monoisotopic (exact) mass is 288 g/mol. The Morgan fingerprint density at radius 3 is 2.43 bits per heavy atom. The van der Waals surface area contributed by atoms with Crippen molar-refractivity contribution in [1.82, 2.24) is 9.78 Å². The largest absolute Gasteiger partial charge is 0.324 e. The molecule has 1 N–H and O–H groups in total. The number of carbonyl (C=O) groups is 1. The molecule has 0 saturated heterocycles. The molecule has 0 bridgehead atoms. The van der Waals surface area contributed by atoms with Gasteiger partial charge in [-0.3, -0.25) is 19.6 Å². The van der Waals surface area contributed by atoms with Gasteiger partial charge < -0.3 is 5.32 Å². The molecule has 21 heavy (non-hydrogen) atoms. The van der Waals surface area contributed by atoms with Crippen LogP contribution in [0, 0.1) is 30.9 Å². The van der Waals surface area contributed by atoms with Crippen LogP contribution in [-0.4, -0.2) is 20.6 Å². The van der Waals surface area contributed by atoms with Crippen LogP contribution in [0.3, 0.4) is 0 Å². The van der Waals surface area contributed by atoms with E-state index < -0.39 is 4.92 Å². The minimum Gasteiger partial charge on any atom is -0.324 e. The average molecular weight is 288 g/mol. The highest BCUT2D eigenvalue weighted by atomic mass is 16.6. The number of aromatic nitrogens is 2. The van der Waals surface area contributed by atoms with Crippen LogP contribution in [0.25, 0.3) is 0 Å². The van der Waals surface area contributed by atoms with E-state index >= 15 is 0 Å². The molecule has 0 aliphatic rings. The van der Waals surface area contributed by atoms with Crippen molar-refractivity contribution in [1.29, 1.82) is 0 Å². The third-order valence-corrected chi connectivity index (χ3v) is 3.15. The molecule has 110 valence electrons. The van der Waals surface area contributed by atoms with Crippen LogP contribution in [-0.2, 0) is 11.3 Å². The van der Waals surface area contributed by atoms with E-state index in [9.17, 15) is 14.9 Å². The van der Waals surface area contributed by atoms with Gasteiger partial charge in [-0.25, -0.2) is 0 Å². The first kappa shape index (κ1) is 14.7. The summed E-state index contributed by atoms with van der Waals surface area (Å²) in [4.78, 5) is 22.4. The molecule has 0 spiro atoms. The maximum Gasteiger partial charge on any atom is 0.312 e. The Kier molecular flexibility index (Phi) is 4.02. The van der Waals surface area contributed by atoms with Crippen LogP contribution in [0.1, 0.15) is 17.0 Å². The van der Waals surface area contributed by atoms with Crippen molar-refractivity contribution < 1.29 is 9.72 Å². The van der Waals surface area contributed by atoms with E-state index in [1.165, 1.54) is 4.68 Å². The van der Waals surface area contributed by atoms with E-state index in [1.54, 1.807) is 26.0 Å². The standard InChI is InChI=1S/C14H16N4O3/c1-9-4-6-12(7-5-9)15-13(19)8-17-11(3)14(18(20)21)10(2)16-17/h4-7H,8H2,1-3H3,(H,15,19). The Hall–Kier alpha value is -2.70. The van der Waals surface area contributed by atoms with Crippen molar-refractivity contribution in [2.45, 2.75) is 27.3 Å². The summed E-state index contributed by atoms with van der Waals surface area (Å²) in [5.41, 5.74) is 2.42. The molecule has 0 unspecified atom stereocenters. The normalized spacial score (nSPS) is 10.4. The van der Waals surface area contributed by atoms with Gasteiger partial charge in [0.1, 0.15) is 17.9 Å². The van der Waals surface area contributed by atoms with Crippen LogP contribution >= 0.6 is 0 Å². The van der Waals surface area contributed by atoms with E-state index in [0.29, 0.717) is 17.1 Å². The van der Waals surface area contributed by atoms with Crippen molar-refractivity contribution in [3.63, 3.8) is 0 Å². The lowest BCUT2D eigenvalue weighted by atomic mass is 10.2. The van der Waals surface area contributed by atoms with Gasteiger partial charge in [0.15, 0.2) is 0 Å². The quantitative estimate of drug-likeness (QED) is 0.690. The van der Waals surface area contributed by atoms with Crippen LogP contribution in [0.2, 0.25) is 0 Å². The number of rotatable bonds is 4. The van der Waals surface area contributed by atoms with Gasteiger partial charge >= 0.3 is 5.69 Å². The van der Waals surface area contributed by atoms with Gasteiger partial charge in [-0.05, 0) is 32.9 Å². The summed E-state index contributed by atoms with van der Waals surface area (Å²) in [5.74, 6) is -0.278. The maximum absolute atomic E-state index is 12.0. The number of anilines is 1. The Morgan fingerprint density at radius 1 is 1.29 bits per heavy atom. The number of nitro groups is 1. The van der Waals surface area contributed by atoms with Crippen molar-refractivity contribution >= 4 is 17.3 Å². The van der Waals surface area contributed by atoms with Gasteiger partial charge in [0.25, 0.3) is 0 Å². The zero-order valence-corrected chi connectivity index (χ0v) is 12.1. The molecule has 0 radical (unpaired) electrons. The molecule has 0 aliphatic heterocycles. The minimum absolute atomic E-state index is 0.0434. The van der Waals surface area contributed by atoms with Gasteiger partial charge in [0, 0.05) is 5.69 Å². The van der Waals surface area contributed by atoms with Crippen molar-refractivity contribution in [2.24, 2.45) is 0 Å². The number of hydrogen-bond donors (Lipinski definition) is 1. The van der Waals surface area contributed by atoms with Gasteiger partial charge in [-0.15, -0.1) is 0 Å². The zero-order valence-electron chi connectivity index (χ0n) is 12.1. The van der Waals surface area contributed by atoms with Crippen molar-refractivity contribution in [2.75, 3.05) is 5.32 Å². The number of amides is 1. The molecule has 0 atom stereocenters. The highest BCUT2D eigenvalue weighted by Crippen LogP contribution is 2.21. The van der Waals surface area contributed by atoms with E-state index in [-0.39, 0.29) is 18.1 Å². The van der Waals surface area contributed by atoms with Crippen LogP contribution in [0.15, 0.2) is 24.3 Å². The lowest BCUT2D eigenvalue weighted by Gasteiger charge is -2.06. The molecule has 1 aromatic heterocycles. The van der Waals surface area contributed by atoms with Gasteiger partial charge in [-0.1, -0.05) is 17.7 Å². The molecule has 7 nitrogen and oxygen atoms in total. The molecule has 0 saturated carbocycles. The molecule has 7 heteroatoms.